The first-order valence-electron chi connectivity index (χ1n) is 4.27. The van der Waals surface area contributed by atoms with Crippen LogP contribution in [0.25, 0.3) is 0 Å². The first-order chi connectivity index (χ1) is 6.32. The summed E-state index contributed by atoms with van der Waals surface area (Å²) in [5.74, 6) is 0.0180. The van der Waals surface area contributed by atoms with Gasteiger partial charge in [0.1, 0.15) is 10.6 Å². The maximum Gasteiger partial charge on any atom is 0.179 e. The minimum atomic E-state index is -3.36. The molecule has 0 atom stereocenters. The lowest BCUT2D eigenvalue weighted by atomic mass is 10.0. The molecular weight excluding hydrogens is 200 g/mol. The molecule has 1 aromatic rings. The maximum absolute atomic E-state index is 11.2. The predicted molar refractivity (Wildman–Crippen MR) is 54.1 cm³/mol. The van der Waals surface area contributed by atoms with E-state index in [1.54, 1.807) is 0 Å². The first kappa shape index (κ1) is 11.0. The molecule has 0 bridgehead atoms. The van der Waals surface area contributed by atoms with Crippen LogP contribution in [0, 0.1) is 6.07 Å². The van der Waals surface area contributed by atoms with Crippen LogP contribution in [-0.2, 0) is 9.84 Å². The highest BCUT2D eigenvalue weighted by atomic mass is 32.2. The summed E-state index contributed by atoms with van der Waals surface area (Å²) in [6, 6.07) is 5.61. The Balaban J connectivity index is 3.28. The third-order valence-corrected chi connectivity index (χ3v) is 3.06. The van der Waals surface area contributed by atoms with Crippen LogP contribution in [0.2, 0.25) is 0 Å². The second kappa shape index (κ2) is 3.61. The Hall–Kier alpha value is -1.03. The van der Waals surface area contributed by atoms with Crippen LogP contribution in [0.1, 0.15) is 25.3 Å². The molecule has 14 heavy (non-hydrogen) atoms. The maximum atomic E-state index is 11.2. The summed E-state index contributed by atoms with van der Waals surface area (Å²) in [7, 11) is -3.36. The summed E-state index contributed by atoms with van der Waals surface area (Å²) >= 11 is 0. The van der Waals surface area contributed by atoms with Crippen molar-refractivity contribution in [3.8, 4) is 5.75 Å². The molecule has 1 rings (SSSR count). The summed E-state index contributed by atoms with van der Waals surface area (Å²) in [5, 5.41) is 9.48. The highest BCUT2D eigenvalue weighted by molar-refractivity contribution is 7.90. The summed E-state index contributed by atoms with van der Waals surface area (Å²) in [5.41, 5.74) is 0.801. The van der Waals surface area contributed by atoms with Gasteiger partial charge < -0.3 is 5.11 Å². The molecule has 0 saturated carbocycles. The monoisotopic (exact) mass is 213 g/mol. The molecule has 77 valence electrons. The minimum Gasteiger partial charge on any atom is -0.507 e. The van der Waals surface area contributed by atoms with Crippen molar-refractivity contribution in [2.75, 3.05) is 6.26 Å². The van der Waals surface area contributed by atoms with Crippen molar-refractivity contribution in [2.45, 2.75) is 24.7 Å². The lowest BCUT2D eigenvalue weighted by Gasteiger charge is -2.07. The fourth-order valence-corrected chi connectivity index (χ4v) is 1.83. The standard InChI is InChI=1S/C10H13O3S/c1-7(2)8-4-5-10(9(11)6-8)14(3,12)13/h5-7,11H,1-3H3. The van der Waals surface area contributed by atoms with Gasteiger partial charge in [-0.3, -0.25) is 0 Å². The molecule has 0 unspecified atom stereocenters. The number of aromatic hydroxyl groups is 1. The fraction of sp³-hybridized carbons (Fsp3) is 0.400. The number of hydrogen-bond acceptors (Lipinski definition) is 3. The van der Waals surface area contributed by atoms with Crippen LogP contribution in [0.4, 0.5) is 0 Å². The van der Waals surface area contributed by atoms with E-state index >= 15 is 0 Å². The van der Waals surface area contributed by atoms with Crippen LogP contribution in [0.15, 0.2) is 17.0 Å². The normalized spacial score (nSPS) is 12.0. The molecule has 1 aromatic carbocycles. The van der Waals surface area contributed by atoms with Crippen LogP contribution in [-0.4, -0.2) is 19.8 Å². The van der Waals surface area contributed by atoms with E-state index in [0.29, 0.717) is 0 Å². The molecule has 1 radical (unpaired) electrons. The predicted octanol–water partition coefficient (Wildman–Crippen LogP) is 1.72. The fourth-order valence-electron chi connectivity index (χ4n) is 1.11. The number of phenols is 1. The minimum absolute atomic E-state index is 0.0677. The van der Waals surface area contributed by atoms with E-state index in [2.05, 4.69) is 6.07 Å². The Morgan fingerprint density at radius 2 is 2.00 bits per heavy atom. The topological polar surface area (TPSA) is 54.4 Å². The molecule has 4 heteroatoms. The van der Waals surface area contributed by atoms with Crippen molar-refractivity contribution in [2.24, 2.45) is 0 Å². The zero-order chi connectivity index (χ0) is 10.9. The quantitative estimate of drug-likeness (QED) is 0.813. The largest absolute Gasteiger partial charge is 0.507 e. The van der Waals surface area contributed by atoms with Gasteiger partial charge in [-0.1, -0.05) is 13.8 Å². The van der Waals surface area contributed by atoms with Gasteiger partial charge in [-0.15, -0.1) is 0 Å². The van der Waals surface area contributed by atoms with Crippen molar-refractivity contribution in [3.05, 3.63) is 23.8 Å². The van der Waals surface area contributed by atoms with E-state index in [-0.39, 0.29) is 16.6 Å². The molecule has 1 N–H and O–H groups in total. The van der Waals surface area contributed by atoms with Crippen LogP contribution in [0.5, 0.6) is 5.75 Å². The second-order valence-electron chi connectivity index (χ2n) is 3.56. The van der Waals surface area contributed by atoms with Gasteiger partial charge in [-0.2, -0.15) is 0 Å². The molecule has 0 aromatic heterocycles. The SMILES string of the molecule is CC(C)c1[c]cc(S(C)(=O)=O)c(O)c1. The molecular formula is C10H13O3S. The van der Waals surface area contributed by atoms with Gasteiger partial charge in [0.25, 0.3) is 0 Å². The van der Waals surface area contributed by atoms with Gasteiger partial charge >= 0.3 is 0 Å². The Labute approximate surface area is 84.3 Å². The lowest BCUT2D eigenvalue weighted by molar-refractivity contribution is 0.457. The third kappa shape index (κ3) is 2.26. The molecule has 0 saturated heterocycles. The smallest absolute Gasteiger partial charge is 0.179 e. The van der Waals surface area contributed by atoms with Crippen molar-refractivity contribution in [1.29, 1.82) is 0 Å². The summed E-state index contributed by atoms with van der Waals surface area (Å²) < 4.78 is 22.3. The Morgan fingerprint density at radius 1 is 1.43 bits per heavy atom. The molecule has 3 nitrogen and oxygen atoms in total. The molecule has 0 heterocycles. The molecule has 0 aliphatic carbocycles. The van der Waals surface area contributed by atoms with Crippen molar-refractivity contribution < 1.29 is 13.5 Å². The van der Waals surface area contributed by atoms with Crippen LogP contribution < -0.4 is 0 Å². The Morgan fingerprint density at radius 3 is 2.36 bits per heavy atom. The Bertz CT molecular complexity index is 433. The zero-order valence-corrected chi connectivity index (χ0v) is 9.22. The van der Waals surface area contributed by atoms with E-state index in [9.17, 15) is 13.5 Å². The highest BCUT2D eigenvalue weighted by Crippen LogP contribution is 2.26. The molecule has 0 amide bonds. The summed E-state index contributed by atoms with van der Waals surface area (Å²) in [4.78, 5) is -0.0677. The number of rotatable bonds is 2. The van der Waals surface area contributed by atoms with Gasteiger partial charge in [0.05, 0.1) is 0 Å². The van der Waals surface area contributed by atoms with Crippen LogP contribution in [0.3, 0.4) is 0 Å². The van der Waals surface area contributed by atoms with Gasteiger partial charge in [-0.05, 0) is 29.7 Å². The summed E-state index contributed by atoms with van der Waals surface area (Å²) in [6.45, 7) is 3.90. The number of benzene rings is 1. The Kier molecular flexibility index (Phi) is 2.85. The molecule has 0 aliphatic rings. The van der Waals surface area contributed by atoms with Crippen molar-refractivity contribution in [3.63, 3.8) is 0 Å². The van der Waals surface area contributed by atoms with Gasteiger partial charge in [-0.25, -0.2) is 8.42 Å². The average molecular weight is 213 g/mol. The second-order valence-corrected chi connectivity index (χ2v) is 5.55. The van der Waals surface area contributed by atoms with Gasteiger partial charge in [0, 0.05) is 6.26 Å². The number of phenolic OH excluding ortho intramolecular Hbond substituents is 1. The van der Waals surface area contributed by atoms with Gasteiger partial charge in [0.2, 0.25) is 0 Å². The van der Waals surface area contributed by atoms with E-state index in [1.165, 1.54) is 12.1 Å². The number of sulfone groups is 1. The molecule has 0 fully saturated rings. The third-order valence-electron chi connectivity index (χ3n) is 1.94. The molecule has 0 spiro atoms. The zero-order valence-electron chi connectivity index (χ0n) is 8.40. The average Bonchev–Trinajstić information content (AvgIpc) is 2.01. The lowest BCUT2D eigenvalue weighted by Crippen LogP contribution is -1.98. The van der Waals surface area contributed by atoms with E-state index in [1.807, 2.05) is 13.8 Å². The molecule has 0 aliphatic heterocycles. The van der Waals surface area contributed by atoms with E-state index in [4.69, 9.17) is 0 Å². The van der Waals surface area contributed by atoms with Gasteiger partial charge in [0.15, 0.2) is 9.84 Å². The van der Waals surface area contributed by atoms with E-state index in [0.717, 1.165) is 11.8 Å². The summed E-state index contributed by atoms with van der Waals surface area (Å²) in [6.07, 6.45) is 1.06. The van der Waals surface area contributed by atoms with Crippen molar-refractivity contribution >= 4 is 9.84 Å². The highest BCUT2D eigenvalue weighted by Gasteiger charge is 2.13. The number of hydrogen-bond donors (Lipinski definition) is 1. The van der Waals surface area contributed by atoms with E-state index < -0.39 is 9.84 Å². The first-order valence-corrected chi connectivity index (χ1v) is 6.16. The van der Waals surface area contributed by atoms with Crippen molar-refractivity contribution in [1.82, 2.24) is 0 Å². The van der Waals surface area contributed by atoms with Crippen LogP contribution >= 0.6 is 0 Å².